The van der Waals surface area contributed by atoms with Crippen molar-refractivity contribution in [3.8, 4) is 11.5 Å². The van der Waals surface area contributed by atoms with Crippen molar-refractivity contribution in [1.29, 1.82) is 0 Å². The summed E-state index contributed by atoms with van der Waals surface area (Å²) in [6.07, 6.45) is 2.26. The molecule has 1 aliphatic rings. The minimum atomic E-state index is -0.646. The standard InChI is InChI=1S/C23H24F2N2O2/c1-16-22(26-23(29-16)18-10-19(24)12-20(25)11-18)14-27-9-5-8-21(13-27)28-15-17-6-3-2-4-7-17/h2-4,6-7,10-12,21H,5,8-9,13-15H2,1H3/t21-/m1/s1. The predicted octanol–water partition coefficient (Wildman–Crippen LogP) is 5.11. The van der Waals surface area contributed by atoms with E-state index < -0.39 is 11.6 Å². The molecule has 4 nitrogen and oxygen atoms in total. The summed E-state index contributed by atoms with van der Waals surface area (Å²) in [7, 11) is 0. The van der Waals surface area contributed by atoms with Gasteiger partial charge in [-0.1, -0.05) is 30.3 Å². The molecule has 1 saturated heterocycles. The monoisotopic (exact) mass is 398 g/mol. The van der Waals surface area contributed by atoms with Crippen molar-refractivity contribution in [2.75, 3.05) is 13.1 Å². The maximum atomic E-state index is 13.5. The van der Waals surface area contributed by atoms with Gasteiger partial charge in [-0.3, -0.25) is 4.90 Å². The molecular weight excluding hydrogens is 374 g/mol. The van der Waals surface area contributed by atoms with Gasteiger partial charge in [-0.2, -0.15) is 0 Å². The summed E-state index contributed by atoms with van der Waals surface area (Å²) in [5.74, 6) is -0.388. The van der Waals surface area contributed by atoms with E-state index in [1.165, 1.54) is 17.7 Å². The summed E-state index contributed by atoms with van der Waals surface area (Å²) in [5.41, 5.74) is 2.26. The minimum Gasteiger partial charge on any atom is -0.441 e. The van der Waals surface area contributed by atoms with Gasteiger partial charge in [-0.25, -0.2) is 13.8 Å². The predicted molar refractivity (Wildman–Crippen MR) is 106 cm³/mol. The molecule has 0 amide bonds. The molecule has 6 heteroatoms. The molecule has 0 unspecified atom stereocenters. The number of likely N-dealkylation sites (tertiary alicyclic amines) is 1. The molecule has 0 aliphatic carbocycles. The number of piperidine rings is 1. The molecule has 29 heavy (non-hydrogen) atoms. The van der Waals surface area contributed by atoms with E-state index in [4.69, 9.17) is 9.15 Å². The maximum Gasteiger partial charge on any atom is 0.226 e. The number of aryl methyl sites for hydroxylation is 1. The van der Waals surface area contributed by atoms with Gasteiger partial charge in [0.15, 0.2) is 0 Å². The lowest BCUT2D eigenvalue weighted by Gasteiger charge is -2.32. The Morgan fingerprint density at radius 1 is 1.14 bits per heavy atom. The molecule has 0 N–H and O–H groups in total. The SMILES string of the molecule is Cc1oc(-c2cc(F)cc(F)c2)nc1CN1CCC[C@@H](OCc2ccccc2)C1. The van der Waals surface area contributed by atoms with Crippen LogP contribution in [0.15, 0.2) is 52.9 Å². The Labute approximate surface area is 169 Å². The lowest BCUT2D eigenvalue weighted by molar-refractivity contribution is -0.0123. The van der Waals surface area contributed by atoms with Gasteiger partial charge < -0.3 is 9.15 Å². The molecule has 2 heterocycles. The number of halogens is 2. The first kappa shape index (κ1) is 19.7. The van der Waals surface area contributed by atoms with Crippen LogP contribution < -0.4 is 0 Å². The lowest BCUT2D eigenvalue weighted by atomic mass is 10.1. The van der Waals surface area contributed by atoms with E-state index in [2.05, 4.69) is 22.0 Å². The Kier molecular flexibility index (Phi) is 6.02. The van der Waals surface area contributed by atoms with Crippen LogP contribution in [0, 0.1) is 18.6 Å². The summed E-state index contributed by atoms with van der Waals surface area (Å²) >= 11 is 0. The molecular formula is C23H24F2N2O2. The second-order valence-corrected chi connectivity index (χ2v) is 7.48. The highest BCUT2D eigenvalue weighted by Crippen LogP contribution is 2.25. The number of benzene rings is 2. The molecule has 1 aliphatic heterocycles. The first-order chi connectivity index (χ1) is 14.1. The third-order valence-electron chi connectivity index (χ3n) is 5.17. The zero-order valence-corrected chi connectivity index (χ0v) is 16.4. The zero-order valence-electron chi connectivity index (χ0n) is 16.4. The van der Waals surface area contributed by atoms with E-state index in [1.807, 2.05) is 25.1 Å². The maximum absolute atomic E-state index is 13.5. The molecule has 0 spiro atoms. The second-order valence-electron chi connectivity index (χ2n) is 7.48. The third-order valence-corrected chi connectivity index (χ3v) is 5.17. The topological polar surface area (TPSA) is 38.5 Å². The average molecular weight is 398 g/mol. The number of rotatable bonds is 6. The normalized spacial score (nSPS) is 17.6. The van der Waals surface area contributed by atoms with E-state index in [-0.39, 0.29) is 12.0 Å². The van der Waals surface area contributed by atoms with Gasteiger partial charge in [-0.05, 0) is 44.0 Å². The molecule has 152 valence electrons. The van der Waals surface area contributed by atoms with Crippen molar-refractivity contribution in [2.24, 2.45) is 0 Å². The van der Waals surface area contributed by atoms with E-state index in [0.29, 0.717) is 24.5 Å². The number of ether oxygens (including phenoxy) is 1. The smallest absolute Gasteiger partial charge is 0.226 e. The summed E-state index contributed by atoms with van der Waals surface area (Å²) in [6.45, 7) is 4.84. The van der Waals surface area contributed by atoms with Crippen LogP contribution in [-0.4, -0.2) is 29.1 Å². The first-order valence-electron chi connectivity index (χ1n) is 9.87. The van der Waals surface area contributed by atoms with Gasteiger partial charge in [0, 0.05) is 24.7 Å². The van der Waals surface area contributed by atoms with Crippen LogP contribution >= 0.6 is 0 Å². The van der Waals surface area contributed by atoms with Crippen molar-refractivity contribution >= 4 is 0 Å². The Bertz CT molecular complexity index is 939. The quantitative estimate of drug-likeness (QED) is 0.578. The average Bonchev–Trinajstić information content (AvgIpc) is 3.07. The Balaban J connectivity index is 1.39. The molecule has 1 aromatic heterocycles. The Morgan fingerprint density at radius 3 is 2.66 bits per heavy atom. The molecule has 0 saturated carbocycles. The van der Waals surface area contributed by atoms with Gasteiger partial charge in [0.1, 0.15) is 17.4 Å². The van der Waals surface area contributed by atoms with Crippen LogP contribution in [0.1, 0.15) is 29.9 Å². The molecule has 3 aromatic rings. The number of hydrogen-bond acceptors (Lipinski definition) is 4. The number of nitrogens with zero attached hydrogens (tertiary/aromatic N) is 2. The van der Waals surface area contributed by atoms with Crippen LogP contribution in [-0.2, 0) is 17.9 Å². The number of hydrogen-bond donors (Lipinski definition) is 0. The summed E-state index contributed by atoms with van der Waals surface area (Å²) < 4.78 is 38.8. The van der Waals surface area contributed by atoms with Crippen molar-refractivity contribution in [1.82, 2.24) is 9.88 Å². The van der Waals surface area contributed by atoms with Crippen molar-refractivity contribution in [2.45, 2.75) is 39.0 Å². The molecule has 4 rings (SSSR count). The van der Waals surface area contributed by atoms with E-state index >= 15 is 0 Å². The van der Waals surface area contributed by atoms with E-state index in [1.54, 1.807) is 0 Å². The van der Waals surface area contributed by atoms with Crippen molar-refractivity contribution in [3.63, 3.8) is 0 Å². The van der Waals surface area contributed by atoms with Crippen LogP contribution in [0.4, 0.5) is 8.78 Å². The van der Waals surface area contributed by atoms with Crippen LogP contribution in [0.2, 0.25) is 0 Å². The van der Waals surface area contributed by atoms with Gasteiger partial charge >= 0.3 is 0 Å². The van der Waals surface area contributed by atoms with Crippen molar-refractivity contribution < 1.29 is 17.9 Å². The van der Waals surface area contributed by atoms with Gasteiger partial charge in [0.05, 0.1) is 18.4 Å². The highest BCUT2D eigenvalue weighted by atomic mass is 19.1. The Hall–Kier alpha value is -2.57. The fraction of sp³-hybridized carbons (Fsp3) is 0.348. The van der Waals surface area contributed by atoms with Crippen LogP contribution in [0.3, 0.4) is 0 Å². The Morgan fingerprint density at radius 2 is 1.90 bits per heavy atom. The fourth-order valence-corrected chi connectivity index (χ4v) is 3.67. The highest BCUT2D eigenvalue weighted by molar-refractivity contribution is 5.53. The van der Waals surface area contributed by atoms with Crippen LogP contribution in [0.25, 0.3) is 11.5 Å². The zero-order chi connectivity index (χ0) is 20.2. The van der Waals surface area contributed by atoms with Gasteiger partial charge in [0.25, 0.3) is 0 Å². The molecule has 0 bridgehead atoms. The molecule has 1 atom stereocenters. The lowest BCUT2D eigenvalue weighted by Crippen LogP contribution is -2.39. The summed E-state index contributed by atoms with van der Waals surface area (Å²) in [6, 6.07) is 13.5. The number of aromatic nitrogens is 1. The molecule has 2 aromatic carbocycles. The first-order valence-corrected chi connectivity index (χ1v) is 9.87. The summed E-state index contributed by atoms with van der Waals surface area (Å²) in [5, 5.41) is 0. The summed E-state index contributed by atoms with van der Waals surface area (Å²) in [4.78, 5) is 6.78. The largest absolute Gasteiger partial charge is 0.441 e. The minimum absolute atomic E-state index is 0.174. The molecule has 0 radical (unpaired) electrons. The van der Waals surface area contributed by atoms with E-state index in [0.717, 1.165) is 37.7 Å². The molecule has 1 fully saturated rings. The van der Waals surface area contributed by atoms with E-state index in [9.17, 15) is 8.78 Å². The second kappa shape index (κ2) is 8.84. The fourth-order valence-electron chi connectivity index (χ4n) is 3.67. The number of oxazole rings is 1. The van der Waals surface area contributed by atoms with Gasteiger partial charge in [-0.15, -0.1) is 0 Å². The van der Waals surface area contributed by atoms with Gasteiger partial charge in [0.2, 0.25) is 5.89 Å². The highest BCUT2D eigenvalue weighted by Gasteiger charge is 2.23. The van der Waals surface area contributed by atoms with Crippen LogP contribution in [0.5, 0.6) is 0 Å². The third kappa shape index (κ3) is 5.08. The van der Waals surface area contributed by atoms with Crippen molar-refractivity contribution in [3.05, 3.63) is 77.2 Å².